The van der Waals surface area contributed by atoms with E-state index in [0.717, 1.165) is 38.5 Å². The van der Waals surface area contributed by atoms with E-state index in [2.05, 4.69) is 35.7 Å². The normalized spacial score (nSPS) is 24.7. The predicted molar refractivity (Wildman–Crippen MR) is 132 cm³/mol. The molecule has 1 fully saturated rings. The van der Waals surface area contributed by atoms with Crippen molar-refractivity contribution in [2.45, 2.75) is 92.6 Å². The predicted octanol–water partition coefficient (Wildman–Crippen LogP) is 5.56. The maximum Gasteiger partial charge on any atom is 0.0957 e. The quantitative estimate of drug-likeness (QED) is 0.563. The van der Waals surface area contributed by atoms with Gasteiger partial charge in [0.2, 0.25) is 0 Å². The van der Waals surface area contributed by atoms with Crippen LogP contribution in [0.3, 0.4) is 0 Å². The average molecular weight is 421 g/mol. The molecule has 2 unspecified atom stereocenters. The maximum atomic E-state index is 5.71. The lowest BCUT2D eigenvalue weighted by Gasteiger charge is -2.21. The van der Waals surface area contributed by atoms with Crippen LogP contribution < -0.4 is 5.46 Å². The second kappa shape index (κ2) is 11.1. The first-order valence-electron chi connectivity index (χ1n) is 11.4. The highest BCUT2D eigenvalue weighted by atomic mass is 32.2. The average Bonchev–Trinajstić information content (AvgIpc) is 2.83. The minimum absolute atomic E-state index is 0.764. The zero-order chi connectivity index (χ0) is 19.9. The molecule has 2 heterocycles. The second-order valence-corrected chi connectivity index (χ2v) is 11.1. The third kappa shape index (κ3) is 6.19. The van der Waals surface area contributed by atoms with Crippen LogP contribution in [-0.4, -0.2) is 35.4 Å². The molecular weight excluding hydrogens is 390 g/mol. The van der Waals surface area contributed by atoms with Crippen LogP contribution in [-0.2, 0) is 11.5 Å². The van der Waals surface area contributed by atoms with Crippen molar-refractivity contribution < 1.29 is 0 Å². The highest BCUT2D eigenvalue weighted by Gasteiger charge is 2.22. The molecule has 2 atom stereocenters. The van der Waals surface area contributed by atoms with Crippen LogP contribution >= 0.6 is 23.5 Å². The molecule has 6 heteroatoms. The largest absolute Gasteiger partial charge is 0.248 e. The van der Waals surface area contributed by atoms with E-state index in [9.17, 15) is 0 Å². The molecule has 1 aromatic heterocycles. The van der Waals surface area contributed by atoms with Gasteiger partial charge in [-0.3, -0.25) is 0 Å². The Morgan fingerprint density at radius 1 is 0.759 bits per heavy atom. The highest BCUT2D eigenvalue weighted by Crippen LogP contribution is 2.36. The summed E-state index contributed by atoms with van der Waals surface area (Å²) in [5.41, 5.74) is 5.37. The molecule has 0 saturated heterocycles. The standard InChI is InChI=1S/C23H31B2N2S2/c24-25-17-11-12-20-21(13-17)27-23-16-29-19-10-8-6-4-2-1-3-5-7-9-18(14-19)28-15-22(23)26-20/h11-13,18-19H,1-10,14-16H2. The third-order valence-electron chi connectivity index (χ3n) is 6.28. The number of fused-ring (bicyclic) bond motifs is 4. The molecule has 2 nitrogen and oxygen atoms in total. The zero-order valence-corrected chi connectivity index (χ0v) is 19.1. The molecule has 0 N–H and O–H groups in total. The van der Waals surface area contributed by atoms with E-state index in [0.29, 0.717) is 0 Å². The molecule has 0 amide bonds. The molecule has 4 rings (SSSR count). The Hall–Kier alpha value is -0.610. The number of thioether (sulfide) groups is 2. The number of benzene rings is 1. The van der Waals surface area contributed by atoms with E-state index < -0.39 is 0 Å². The Labute approximate surface area is 186 Å². The van der Waals surface area contributed by atoms with E-state index in [-0.39, 0.29) is 0 Å². The van der Waals surface area contributed by atoms with Crippen LogP contribution in [0.25, 0.3) is 11.0 Å². The van der Waals surface area contributed by atoms with Crippen molar-refractivity contribution in [1.29, 1.82) is 0 Å². The van der Waals surface area contributed by atoms with Gasteiger partial charge >= 0.3 is 0 Å². The van der Waals surface area contributed by atoms with Crippen molar-refractivity contribution in [3.05, 3.63) is 29.6 Å². The van der Waals surface area contributed by atoms with Crippen molar-refractivity contribution in [2.75, 3.05) is 0 Å². The minimum Gasteiger partial charge on any atom is -0.248 e. The van der Waals surface area contributed by atoms with Crippen LogP contribution in [0.2, 0.25) is 0 Å². The number of hydrogen-bond donors (Lipinski definition) is 0. The maximum absolute atomic E-state index is 5.71. The Balaban J connectivity index is 1.56. The van der Waals surface area contributed by atoms with Gasteiger partial charge in [-0.2, -0.15) is 23.5 Å². The molecule has 1 aliphatic carbocycles. The van der Waals surface area contributed by atoms with Crippen LogP contribution in [0.15, 0.2) is 18.2 Å². The molecular formula is C23H31B2N2S2. The lowest BCUT2D eigenvalue weighted by Crippen LogP contribution is -2.14. The molecule has 1 aromatic carbocycles. The first-order valence-corrected chi connectivity index (χ1v) is 13.5. The number of rotatable bonds is 1. The van der Waals surface area contributed by atoms with E-state index in [1.165, 1.54) is 82.0 Å². The van der Waals surface area contributed by atoms with Crippen LogP contribution in [0, 0.1) is 0 Å². The van der Waals surface area contributed by atoms with Crippen molar-refractivity contribution in [2.24, 2.45) is 0 Å². The fourth-order valence-electron chi connectivity index (χ4n) is 4.51. The Kier molecular flexibility index (Phi) is 8.30. The molecule has 0 spiro atoms. The van der Waals surface area contributed by atoms with Crippen LogP contribution in [0.4, 0.5) is 0 Å². The monoisotopic (exact) mass is 421 g/mol. The third-order valence-corrected chi connectivity index (χ3v) is 8.95. The summed E-state index contributed by atoms with van der Waals surface area (Å²) in [6.45, 7) is 0. The highest BCUT2D eigenvalue weighted by molar-refractivity contribution is 8.00. The molecule has 3 radical (unpaired) electrons. The Morgan fingerprint density at radius 2 is 1.31 bits per heavy atom. The Morgan fingerprint density at radius 3 is 1.90 bits per heavy atom. The first kappa shape index (κ1) is 21.6. The SMILES string of the molecule is [B][B]c1ccc2nc3c(nc2c1)CSC1CCCCCCCCCCC(C1)SC3. The molecule has 151 valence electrons. The summed E-state index contributed by atoms with van der Waals surface area (Å²) in [5, 5.41) is 1.53. The smallest absolute Gasteiger partial charge is 0.0957 e. The lowest BCUT2D eigenvalue weighted by atomic mass is 9.51. The van der Waals surface area contributed by atoms with Gasteiger partial charge in [0.05, 0.1) is 29.6 Å². The molecule has 29 heavy (non-hydrogen) atoms. The number of nitrogens with zero attached hydrogens (tertiary/aromatic N) is 2. The van der Waals surface area contributed by atoms with E-state index in [4.69, 9.17) is 17.7 Å². The van der Waals surface area contributed by atoms with Crippen LogP contribution in [0.5, 0.6) is 0 Å². The van der Waals surface area contributed by atoms with E-state index >= 15 is 0 Å². The van der Waals surface area contributed by atoms with Gasteiger partial charge in [0, 0.05) is 29.7 Å². The van der Waals surface area contributed by atoms with Crippen molar-refractivity contribution in [1.82, 2.24) is 9.97 Å². The summed E-state index contributed by atoms with van der Waals surface area (Å²) in [7, 11) is 7.35. The van der Waals surface area contributed by atoms with Crippen molar-refractivity contribution in [3.63, 3.8) is 0 Å². The summed E-state index contributed by atoms with van der Waals surface area (Å²) < 4.78 is 0. The van der Waals surface area contributed by atoms with Gasteiger partial charge in [0.15, 0.2) is 0 Å². The first-order chi connectivity index (χ1) is 14.3. The summed E-state index contributed by atoms with van der Waals surface area (Å²) in [5.74, 6) is 1.99. The summed E-state index contributed by atoms with van der Waals surface area (Å²) in [6, 6.07) is 6.15. The minimum atomic E-state index is 0.764. The van der Waals surface area contributed by atoms with Gasteiger partial charge in [-0.05, 0) is 31.4 Å². The topological polar surface area (TPSA) is 25.8 Å². The molecule has 1 aliphatic heterocycles. The molecule has 1 saturated carbocycles. The summed E-state index contributed by atoms with van der Waals surface area (Å²) in [6.07, 6.45) is 15.4. The molecule has 2 aromatic rings. The number of hydrogen-bond acceptors (Lipinski definition) is 4. The van der Waals surface area contributed by atoms with Gasteiger partial charge in [0.1, 0.15) is 0 Å². The lowest BCUT2D eigenvalue weighted by molar-refractivity contribution is 0.563. The number of aromatic nitrogens is 2. The van der Waals surface area contributed by atoms with Gasteiger partial charge in [-0.1, -0.05) is 62.9 Å². The second-order valence-electron chi connectivity index (χ2n) is 8.54. The molecule has 2 bridgehead atoms. The summed E-state index contributed by atoms with van der Waals surface area (Å²) in [4.78, 5) is 10.1. The zero-order valence-electron chi connectivity index (χ0n) is 17.4. The van der Waals surface area contributed by atoms with Gasteiger partial charge in [0.25, 0.3) is 0 Å². The van der Waals surface area contributed by atoms with Crippen molar-refractivity contribution in [3.8, 4) is 0 Å². The van der Waals surface area contributed by atoms with E-state index in [1.807, 2.05) is 6.07 Å². The molecule has 2 aliphatic rings. The van der Waals surface area contributed by atoms with E-state index in [1.54, 1.807) is 7.17 Å². The van der Waals surface area contributed by atoms with Gasteiger partial charge in [-0.15, -0.1) is 0 Å². The Bertz CT molecular complexity index is 802. The van der Waals surface area contributed by atoms with Crippen LogP contribution in [0.1, 0.15) is 82.0 Å². The van der Waals surface area contributed by atoms with Crippen molar-refractivity contribution >= 4 is 54.9 Å². The summed E-state index contributed by atoms with van der Waals surface area (Å²) >= 11 is 4.27. The van der Waals surface area contributed by atoms with Gasteiger partial charge < -0.3 is 0 Å². The fourth-order valence-corrected chi connectivity index (χ4v) is 7.28. The van der Waals surface area contributed by atoms with Gasteiger partial charge in [-0.25, -0.2) is 9.97 Å². The fraction of sp³-hybridized carbons (Fsp3) is 0.652.